The lowest BCUT2D eigenvalue weighted by molar-refractivity contribution is 0.0506. The molecule has 3 aromatic rings. The maximum atomic E-state index is 13.3. The number of nitrogens with one attached hydrogen (secondary N) is 1. The summed E-state index contributed by atoms with van der Waals surface area (Å²) in [6.07, 6.45) is 2.13. The van der Waals surface area contributed by atoms with E-state index in [0.717, 1.165) is 11.3 Å². The zero-order valence-corrected chi connectivity index (χ0v) is 20.8. The van der Waals surface area contributed by atoms with Gasteiger partial charge in [0.05, 0.1) is 23.8 Å². The summed E-state index contributed by atoms with van der Waals surface area (Å²) >= 11 is 6.67. The molecule has 2 aromatic heterocycles. The highest BCUT2D eigenvalue weighted by atomic mass is 35.5. The van der Waals surface area contributed by atoms with Gasteiger partial charge in [-0.1, -0.05) is 18.5 Å². The van der Waals surface area contributed by atoms with Gasteiger partial charge in [0.2, 0.25) is 0 Å². The summed E-state index contributed by atoms with van der Waals surface area (Å²) in [5.74, 6) is -2.08. The van der Waals surface area contributed by atoms with E-state index < -0.39 is 23.7 Å². The maximum absolute atomic E-state index is 13.3. The molecule has 0 aliphatic rings. The van der Waals surface area contributed by atoms with Crippen molar-refractivity contribution < 1.29 is 33.0 Å². The molecule has 1 aromatic carbocycles. The van der Waals surface area contributed by atoms with E-state index in [9.17, 15) is 18.8 Å². The number of thiophene rings is 1. The Hall–Kier alpha value is -3.44. The summed E-state index contributed by atoms with van der Waals surface area (Å²) in [6.45, 7) is 5.41. The van der Waals surface area contributed by atoms with Crippen molar-refractivity contribution in [3.05, 3.63) is 63.0 Å². The third-order valence-corrected chi connectivity index (χ3v) is 6.08. The van der Waals surface area contributed by atoms with Crippen molar-refractivity contribution >= 4 is 45.8 Å². The minimum Gasteiger partial charge on any atom is -0.471 e. The number of carbonyl (C=O) groups is 3. The van der Waals surface area contributed by atoms with Crippen LogP contribution in [0.1, 0.15) is 56.3 Å². The molecule has 2 heterocycles. The molecule has 0 aliphatic carbocycles. The van der Waals surface area contributed by atoms with Gasteiger partial charge < -0.3 is 19.5 Å². The van der Waals surface area contributed by atoms with Gasteiger partial charge in [-0.05, 0) is 44.0 Å². The van der Waals surface area contributed by atoms with Gasteiger partial charge in [-0.2, -0.15) is 5.10 Å². The summed E-state index contributed by atoms with van der Waals surface area (Å²) in [5.41, 5.74) is 0.500. The van der Waals surface area contributed by atoms with Crippen LogP contribution in [0, 0.1) is 12.7 Å². The summed E-state index contributed by atoms with van der Waals surface area (Å²) in [4.78, 5) is 38.0. The number of anilines is 1. The molecule has 0 saturated carbocycles. The van der Waals surface area contributed by atoms with Crippen LogP contribution in [-0.4, -0.2) is 40.8 Å². The Balaban J connectivity index is 1.76. The second-order valence-electron chi connectivity index (χ2n) is 7.16. The van der Waals surface area contributed by atoms with Crippen molar-refractivity contribution in [1.82, 2.24) is 9.78 Å². The monoisotopic (exact) mass is 523 g/mol. The van der Waals surface area contributed by atoms with Gasteiger partial charge in [0.1, 0.15) is 21.4 Å². The zero-order chi connectivity index (χ0) is 25.5. The van der Waals surface area contributed by atoms with Crippen LogP contribution in [-0.2, 0) is 16.2 Å². The van der Waals surface area contributed by atoms with Gasteiger partial charge in [0.15, 0.2) is 12.4 Å². The third-order valence-electron chi connectivity index (χ3n) is 4.60. The highest BCUT2D eigenvalue weighted by molar-refractivity contribution is 7.18. The SMILES string of the molecule is CCCOC(=O)c1c(NC(=O)c2ccn(COc3ccc(F)c(Cl)c3)n2)sc(C(=O)OCC)c1C. The van der Waals surface area contributed by atoms with Gasteiger partial charge >= 0.3 is 11.9 Å². The molecule has 0 fully saturated rings. The second kappa shape index (κ2) is 11.8. The number of aromatic nitrogens is 2. The fourth-order valence-electron chi connectivity index (χ4n) is 2.93. The predicted octanol–water partition coefficient (Wildman–Crippen LogP) is 5.08. The van der Waals surface area contributed by atoms with E-state index in [2.05, 4.69) is 10.4 Å². The van der Waals surface area contributed by atoms with Crippen molar-refractivity contribution in [3.63, 3.8) is 0 Å². The van der Waals surface area contributed by atoms with Gasteiger partial charge in [0, 0.05) is 12.3 Å². The minimum absolute atomic E-state index is 0.0438. The number of esters is 2. The lowest BCUT2D eigenvalue weighted by Crippen LogP contribution is -2.16. The Morgan fingerprint density at radius 3 is 2.63 bits per heavy atom. The molecular formula is C23H23ClFN3O6S. The fourth-order valence-corrected chi connectivity index (χ4v) is 4.19. The van der Waals surface area contributed by atoms with Crippen LogP contribution in [0.15, 0.2) is 30.5 Å². The Labute approximate surface area is 209 Å². The number of halogens is 2. The lowest BCUT2D eigenvalue weighted by atomic mass is 10.1. The van der Waals surface area contributed by atoms with E-state index in [-0.39, 0.29) is 46.1 Å². The normalized spacial score (nSPS) is 10.7. The van der Waals surface area contributed by atoms with E-state index >= 15 is 0 Å². The smallest absolute Gasteiger partial charge is 0.348 e. The Bertz CT molecular complexity index is 1240. The van der Waals surface area contributed by atoms with Crippen molar-refractivity contribution in [3.8, 4) is 5.75 Å². The molecule has 186 valence electrons. The molecule has 0 atom stereocenters. The van der Waals surface area contributed by atoms with Crippen molar-refractivity contribution in [2.75, 3.05) is 18.5 Å². The first-order chi connectivity index (χ1) is 16.7. The fraction of sp³-hybridized carbons (Fsp3) is 0.304. The maximum Gasteiger partial charge on any atom is 0.348 e. The van der Waals surface area contributed by atoms with Gasteiger partial charge in [-0.3, -0.25) is 4.79 Å². The van der Waals surface area contributed by atoms with E-state index in [1.165, 1.54) is 35.1 Å². The van der Waals surface area contributed by atoms with Crippen molar-refractivity contribution in [2.24, 2.45) is 0 Å². The highest BCUT2D eigenvalue weighted by Crippen LogP contribution is 2.34. The third kappa shape index (κ3) is 6.37. The number of nitrogens with zero attached hydrogens (tertiary/aromatic N) is 2. The molecular weight excluding hydrogens is 501 g/mol. The van der Waals surface area contributed by atoms with E-state index in [1.54, 1.807) is 13.8 Å². The minimum atomic E-state index is -0.650. The summed E-state index contributed by atoms with van der Waals surface area (Å²) in [6, 6.07) is 5.37. The van der Waals surface area contributed by atoms with Crippen LogP contribution in [0.4, 0.5) is 9.39 Å². The second-order valence-corrected chi connectivity index (χ2v) is 8.59. The Morgan fingerprint density at radius 2 is 1.94 bits per heavy atom. The van der Waals surface area contributed by atoms with Crippen molar-refractivity contribution in [2.45, 2.75) is 33.9 Å². The van der Waals surface area contributed by atoms with Gasteiger partial charge in [-0.25, -0.2) is 18.7 Å². The number of hydrogen-bond donors (Lipinski definition) is 1. The quantitative estimate of drug-likeness (QED) is 0.369. The highest BCUT2D eigenvalue weighted by Gasteiger charge is 2.28. The van der Waals surface area contributed by atoms with Gasteiger partial charge in [0.25, 0.3) is 5.91 Å². The summed E-state index contributed by atoms with van der Waals surface area (Å²) < 4.78 is 30.4. The molecule has 0 aliphatic heterocycles. The predicted molar refractivity (Wildman–Crippen MR) is 128 cm³/mol. The topological polar surface area (TPSA) is 109 Å². The number of ether oxygens (including phenoxy) is 3. The average molecular weight is 524 g/mol. The van der Waals surface area contributed by atoms with Crippen LogP contribution in [0.5, 0.6) is 5.75 Å². The first-order valence-electron chi connectivity index (χ1n) is 10.6. The molecule has 0 bridgehead atoms. The first-order valence-corrected chi connectivity index (χ1v) is 11.8. The Kier molecular flexibility index (Phi) is 8.83. The molecule has 0 saturated heterocycles. The number of benzene rings is 1. The number of rotatable bonds is 10. The van der Waals surface area contributed by atoms with E-state index in [1.807, 2.05) is 6.92 Å². The van der Waals surface area contributed by atoms with E-state index in [0.29, 0.717) is 17.7 Å². The number of amides is 1. The molecule has 9 nitrogen and oxygen atoms in total. The molecule has 0 spiro atoms. The molecule has 0 radical (unpaired) electrons. The van der Waals surface area contributed by atoms with Crippen LogP contribution in [0.25, 0.3) is 0 Å². The van der Waals surface area contributed by atoms with Crippen LogP contribution < -0.4 is 10.1 Å². The molecule has 1 amide bonds. The lowest BCUT2D eigenvalue weighted by Gasteiger charge is -2.07. The molecule has 1 N–H and O–H groups in total. The van der Waals surface area contributed by atoms with Crippen molar-refractivity contribution in [1.29, 1.82) is 0 Å². The summed E-state index contributed by atoms with van der Waals surface area (Å²) in [7, 11) is 0. The first kappa shape index (κ1) is 26.2. The van der Waals surface area contributed by atoms with E-state index in [4.69, 9.17) is 25.8 Å². The molecule has 12 heteroatoms. The molecule has 35 heavy (non-hydrogen) atoms. The summed E-state index contributed by atoms with van der Waals surface area (Å²) in [5, 5.41) is 6.86. The average Bonchev–Trinajstić information content (AvgIpc) is 3.43. The largest absolute Gasteiger partial charge is 0.471 e. The molecule has 0 unspecified atom stereocenters. The van der Waals surface area contributed by atoms with Crippen LogP contribution >= 0.6 is 22.9 Å². The standard InChI is InChI=1S/C23H23ClFN3O6S/c1-4-10-33-22(30)18-13(3)19(23(31)32-5-2)35-21(18)26-20(29)17-8-9-28(27-17)12-34-14-6-7-16(25)15(24)11-14/h6-9,11H,4-5,10,12H2,1-3H3,(H,26,29). The molecule has 3 rings (SSSR count). The van der Waals surface area contributed by atoms with Crippen LogP contribution in [0.3, 0.4) is 0 Å². The van der Waals surface area contributed by atoms with Crippen LogP contribution in [0.2, 0.25) is 5.02 Å². The number of hydrogen-bond acceptors (Lipinski definition) is 8. The Morgan fingerprint density at radius 1 is 1.17 bits per heavy atom. The zero-order valence-electron chi connectivity index (χ0n) is 19.2. The van der Waals surface area contributed by atoms with Gasteiger partial charge in [-0.15, -0.1) is 11.3 Å². The number of carbonyl (C=O) groups excluding carboxylic acids is 3.